The zero-order valence-corrected chi connectivity index (χ0v) is 13.3. The fourth-order valence-corrected chi connectivity index (χ4v) is 2.88. The summed E-state index contributed by atoms with van der Waals surface area (Å²) in [5, 5.41) is 4.30. The van der Waals surface area contributed by atoms with Crippen molar-refractivity contribution < 1.29 is 9.53 Å². The van der Waals surface area contributed by atoms with Gasteiger partial charge in [0.05, 0.1) is 5.56 Å². The average molecular weight is 312 g/mol. The van der Waals surface area contributed by atoms with Crippen LogP contribution in [0.4, 0.5) is 0 Å². The molecule has 0 fully saturated rings. The summed E-state index contributed by atoms with van der Waals surface area (Å²) in [6.07, 6.45) is 0. The van der Waals surface area contributed by atoms with E-state index in [2.05, 4.69) is 24.3 Å². The third kappa shape index (κ3) is 2.63. The minimum absolute atomic E-state index is 0.337. The van der Waals surface area contributed by atoms with Gasteiger partial charge in [0, 0.05) is 5.39 Å². The van der Waals surface area contributed by atoms with E-state index in [1.54, 1.807) is 12.1 Å². The quantitative estimate of drug-likeness (QED) is 0.277. The van der Waals surface area contributed by atoms with E-state index in [0.717, 1.165) is 21.7 Å². The van der Waals surface area contributed by atoms with Crippen molar-refractivity contribution in [3.8, 4) is 5.75 Å². The lowest BCUT2D eigenvalue weighted by molar-refractivity contribution is 0.0737. The van der Waals surface area contributed by atoms with E-state index in [1.165, 1.54) is 5.39 Å². The van der Waals surface area contributed by atoms with Crippen LogP contribution in [0.3, 0.4) is 0 Å². The maximum absolute atomic E-state index is 12.4. The number of benzene rings is 4. The highest BCUT2D eigenvalue weighted by molar-refractivity contribution is 6.02. The van der Waals surface area contributed by atoms with E-state index in [9.17, 15) is 4.79 Å². The third-order valence-electron chi connectivity index (χ3n) is 4.20. The summed E-state index contributed by atoms with van der Waals surface area (Å²) in [6, 6.07) is 25.5. The molecule has 0 bridgehead atoms. The highest BCUT2D eigenvalue weighted by Gasteiger charge is 2.11. The normalized spacial score (nSPS) is 10.9. The van der Waals surface area contributed by atoms with Gasteiger partial charge in [-0.2, -0.15) is 0 Å². The fraction of sp³-hybridized carbons (Fsp3) is 0.0455. The summed E-state index contributed by atoms with van der Waals surface area (Å²) in [5.41, 5.74) is 1.67. The van der Waals surface area contributed by atoms with Gasteiger partial charge in [0.25, 0.3) is 0 Å². The SMILES string of the molecule is Cc1ccc(C(=O)Oc2cccc3cc4ccccc4cc23)cc1. The summed E-state index contributed by atoms with van der Waals surface area (Å²) < 4.78 is 5.66. The molecular weight excluding hydrogens is 296 g/mol. The molecule has 0 aliphatic carbocycles. The lowest BCUT2D eigenvalue weighted by Crippen LogP contribution is -2.08. The summed E-state index contributed by atoms with van der Waals surface area (Å²) >= 11 is 0. The van der Waals surface area contributed by atoms with Gasteiger partial charge in [0.2, 0.25) is 0 Å². The van der Waals surface area contributed by atoms with Crippen molar-refractivity contribution >= 4 is 27.5 Å². The second kappa shape index (κ2) is 5.82. The van der Waals surface area contributed by atoms with Crippen LogP contribution in [0, 0.1) is 6.92 Å². The zero-order valence-electron chi connectivity index (χ0n) is 13.3. The zero-order chi connectivity index (χ0) is 16.5. The van der Waals surface area contributed by atoms with E-state index in [-0.39, 0.29) is 5.97 Å². The van der Waals surface area contributed by atoms with Crippen LogP contribution in [0.15, 0.2) is 78.9 Å². The van der Waals surface area contributed by atoms with Gasteiger partial charge in [-0.1, -0.05) is 54.1 Å². The van der Waals surface area contributed by atoms with Crippen LogP contribution < -0.4 is 4.74 Å². The molecule has 0 amide bonds. The van der Waals surface area contributed by atoms with Crippen LogP contribution in [0.1, 0.15) is 15.9 Å². The first kappa shape index (κ1) is 14.5. The van der Waals surface area contributed by atoms with E-state index in [0.29, 0.717) is 11.3 Å². The number of hydrogen-bond acceptors (Lipinski definition) is 2. The van der Waals surface area contributed by atoms with Crippen molar-refractivity contribution in [2.45, 2.75) is 6.92 Å². The molecule has 0 saturated heterocycles. The number of hydrogen-bond donors (Lipinski definition) is 0. The molecule has 24 heavy (non-hydrogen) atoms. The predicted molar refractivity (Wildman–Crippen MR) is 97.6 cm³/mol. The number of carbonyl (C=O) groups is 1. The van der Waals surface area contributed by atoms with Crippen molar-refractivity contribution in [1.29, 1.82) is 0 Å². The van der Waals surface area contributed by atoms with Gasteiger partial charge in [-0.3, -0.25) is 0 Å². The van der Waals surface area contributed by atoms with Gasteiger partial charge >= 0.3 is 5.97 Å². The molecule has 116 valence electrons. The van der Waals surface area contributed by atoms with Crippen LogP contribution in [0.2, 0.25) is 0 Å². The van der Waals surface area contributed by atoms with Crippen LogP contribution in [-0.2, 0) is 0 Å². The third-order valence-corrected chi connectivity index (χ3v) is 4.20. The average Bonchev–Trinajstić information content (AvgIpc) is 2.61. The van der Waals surface area contributed by atoms with Crippen molar-refractivity contribution in [2.24, 2.45) is 0 Å². The van der Waals surface area contributed by atoms with Gasteiger partial charge in [-0.05, 0) is 53.4 Å². The highest BCUT2D eigenvalue weighted by Crippen LogP contribution is 2.30. The molecule has 0 atom stereocenters. The summed E-state index contributed by atoms with van der Waals surface area (Å²) in [5.74, 6) is 0.250. The Hall–Kier alpha value is -3.13. The molecule has 0 heterocycles. The van der Waals surface area contributed by atoms with Crippen molar-refractivity contribution in [2.75, 3.05) is 0 Å². The molecular formula is C22H16O2. The Labute approximate surface area is 140 Å². The fourth-order valence-electron chi connectivity index (χ4n) is 2.88. The lowest BCUT2D eigenvalue weighted by atomic mass is 10.0. The molecule has 0 spiro atoms. The van der Waals surface area contributed by atoms with E-state index in [4.69, 9.17) is 4.74 Å². The number of esters is 1. The number of fused-ring (bicyclic) bond motifs is 2. The molecule has 4 rings (SSSR count). The minimum atomic E-state index is -0.337. The van der Waals surface area contributed by atoms with Crippen LogP contribution in [-0.4, -0.2) is 5.97 Å². The van der Waals surface area contributed by atoms with E-state index in [1.807, 2.05) is 49.4 Å². The Bertz CT molecular complexity index is 1050. The highest BCUT2D eigenvalue weighted by atomic mass is 16.5. The number of carbonyl (C=O) groups excluding carboxylic acids is 1. The van der Waals surface area contributed by atoms with Crippen LogP contribution in [0.25, 0.3) is 21.5 Å². The molecule has 2 heteroatoms. The smallest absolute Gasteiger partial charge is 0.343 e. The van der Waals surface area contributed by atoms with Gasteiger partial charge in [-0.15, -0.1) is 0 Å². The summed E-state index contributed by atoms with van der Waals surface area (Å²) in [7, 11) is 0. The Morgan fingerprint density at radius 2 is 1.42 bits per heavy atom. The van der Waals surface area contributed by atoms with E-state index < -0.39 is 0 Å². The molecule has 0 N–H and O–H groups in total. The Morgan fingerprint density at radius 3 is 2.17 bits per heavy atom. The molecule has 2 nitrogen and oxygen atoms in total. The molecule has 0 aliphatic heterocycles. The molecule has 4 aromatic rings. The lowest BCUT2D eigenvalue weighted by Gasteiger charge is -2.09. The molecule has 0 aliphatic rings. The summed E-state index contributed by atoms with van der Waals surface area (Å²) in [4.78, 5) is 12.4. The maximum atomic E-state index is 12.4. The first-order chi connectivity index (χ1) is 11.7. The summed E-state index contributed by atoms with van der Waals surface area (Å²) in [6.45, 7) is 1.99. The molecule has 4 aromatic carbocycles. The number of rotatable bonds is 2. The second-order valence-corrected chi connectivity index (χ2v) is 5.93. The molecule has 0 unspecified atom stereocenters. The molecule has 0 aromatic heterocycles. The van der Waals surface area contributed by atoms with Gasteiger partial charge < -0.3 is 4.74 Å². The second-order valence-electron chi connectivity index (χ2n) is 5.93. The maximum Gasteiger partial charge on any atom is 0.343 e. The Balaban J connectivity index is 1.77. The van der Waals surface area contributed by atoms with Gasteiger partial charge in [0.1, 0.15) is 5.75 Å². The topological polar surface area (TPSA) is 26.3 Å². The Kier molecular flexibility index (Phi) is 3.51. The van der Waals surface area contributed by atoms with Crippen LogP contribution >= 0.6 is 0 Å². The van der Waals surface area contributed by atoms with Crippen molar-refractivity contribution in [3.05, 3.63) is 90.0 Å². The largest absolute Gasteiger partial charge is 0.422 e. The van der Waals surface area contributed by atoms with Crippen LogP contribution in [0.5, 0.6) is 5.75 Å². The molecule has 0 radical (unpaired) electrons. The van der Waals surface area contributed by atoms with Gasteiger partial charge in [-0.25, -0.2) is 4.79 Å². The van der Waals surface area contributed by atoms with Crippen molar-refractivity contribution in [3.63, 3.8) is 0 Å². The van der Waals surface area contributed by atoms with Gasteiger partial charge in [0.15, 0.2) is 0 Å². The monoisotopic (exact) mass is 312 g/mol. The number of ether oxygens (including phenoxy) is 1. The minimum Gasteiger partial charge on any atom is -0.422 e. The number of aryl methyl sites for hydroxylation is 1. The Morgan fingerprint density at radius 1 is 0.750 bits per heavy atom. The molecule has 0 saturated carbocycles. The van der Waals surface area contributed by atoms with E-state index >= 15 is 0 Å². The standard InChI is InChI=1S/C22H16O2/c1-15-9-11-16(12-10-15)22(23)24-21-8-4-7-19-13-17-5-2-3-6-18(17)14-20(19)21/h2-14H,1H3. The van der Waals surface area contributed by atoms with Crippen molar-refractivity contribution in [1.82, 2.24) is 0 Å². The first-order valence-corrected chi connectivity index (χ1v) is 7.91. The predicted octanol–water partition coefficient (Wildman–Crippen LogP) is 5.52. The first-order valence-electron chi connectivity index (χ1n) is 7.91.